The molecule has 10 rings (SSSR count). The maximum absolute atomic E-state index is 6.67. The summed E-state index contributed by atoms with van der Waals surface area (Å²) >= 11 is 0. The summed E-state index contributed by atoms with van der Waals surface area (Å²) in [5, 5.41) is 4.78. The number of rotatable bonds is 8. The van der Waals surface area contributed by atoms with E-state index in [-0.39, 0.29) is 5.92 Å². The molecule has 0 aliphatic heterocycles. The molecule has 1 heterocycles. The van der Waals surface area contributed by atoms with Crippen LogP contribution in [0.4, 0.5) is 0 Å². The van der Waals surface area contributed by atoms with Crippen LogP contribution in [0.1, 0.15) is 41.4 Å². The normalized spacial score (nSPS) is 14.7. The molecule has 1 nitrogen and oxygen atoms in total. The highest BCUT2D eigenvalue weighted by molar-refractivity contribution is 6.25. The smallest absolute Gasteiger partial charge is 0.136 e. The van der Waals surface area contributed by atoms with Crippen molar-refractivity contribution >= 4 is 32.7 Å². The van der Waals surface area contributed by atoms with Gasteiger partial charge in [-0.3, -0.25) is 0 Å². The molecule has 2 atom stereocenters. The average molecular weight is 705 g/mol. The third kappa shape index (κ3) is 6.18. The molecule has 1 heteroatoms. The molecule has 0 saturated heterocycles. The summed E-state index contributed by atoms with van der Waals surface area (Å²) in [5.41, 5.74) is 14.5. The summed E-state index contributed by atoms with van der Waals surface area (Å²) in [5.74, 6) is 0.601. The van der Waals surface area contributed by atoms with Crippen molar-refractivity contribution in [2.45, 2.75) is 24.7 Å². The van der Waals surface area contributed by atoms with Gasteiger partial charge in [-0.1, -0.05) is 200 Å². The lowest BCUT2D eigenvalue weighted by Crippen LogP contribution is -2.06. The summed E-state index contributed by atoms with van der Waals surface area (Å²) in [4.78, 5) is 0. The summed E-state index contributed by atoms with van der Waals surface area (Å²) < 4.78 is 6.67. The fraction of sp³-hybridized carbons (Fsp3) is 0.0741. The van der Waals surface area contributed by atoms with E-state index in [9.17, 15) is 0 Å². The van der Waals surface area contributed by atoms with Gasteiger partial charge in [0.05, 0.1) is 0 Å². The van der Waals surface area contributed by atoms with Gasteiger partial charge in [0.15, 0.2) is 0 Å². The quantitative estimate of drug-likeness (QED) is 0.153. The number of benzene rings is 8. The zero-order chi connectivity index (χ0) is 36.6. The Morgan fingerprint density at radius 3 is 1.84 bits per heavy atom. The second-order valence-corrected chi connectivity index (χ2v) is 14.7. The number of furan rings is 1. The lowest BCUT2D eigenvalue weighted by atomic mass is 9.80. The molecular formula is C54H40O. The van der Waals surface area contributed by atoms with Crippen molar-refractivity contribution < 1.29 is 4.42 Å². The Bertz CT molecular complexity index is 2840. The van der Waals surface area contributed by atoms with Crippen molar-refractivity contribution in [1.29, 1.82) is 0 Å². The summed E-state index contributed by atoms with van der Waals surface area (Å²) in [7, 11) is 0. The minimum absolute atomic E-state index is 0.181. The van der Waals surface area contributed by atoms with Crippen LogP contribution in [-0.2, 0) is 0 Å². The topological polar surface area (TPSA) is 13.1 Å². The number of fused-ring (bicyclic) bond motifs is 5. The van der Waals surface area contributed by atoms with E-state index in [1.807, 2.05) is 0 Å². The summed E-state index contributed by atoms with van der Waals surface area (Å²) in [6, 6.07) is 68.1. The summed E-state index contributed by atoms with van der Waals surface area (Å²) in [6.07, 6.45) is 9.18. The fourth-order valence-corrected chi connectivity index (χ4v) is 8.76. The molecule has 0 radical (unpaired) electrons. The maximum atomic E-state index is 6.67. The standard InChI is InChI=1S/C54H40O/c1-4-15-38(16-5-1)39-29-27-37(28-30-39)35-49(46-22-11-10-21-44(46)40-17-6-2-7-18-40)43-33-31-42(32-34-43)45-25-14-26-51-53(45)54-48-24-13-12-23-47(48)50(36-52(54)55-51)41-19-8-3-9-20-41/h1-29,31-34,36,39,49H,30,35H2. The van der Waals surface area contributed by atoms with Crippen LogP contribution in [0, 0.1) is 0 Å². The molecule has 1 aromatic heterocycles. The molecule has 0 N–H and O–H groups in total. The van der Waals surface area contributed by atoms with E-state index < -0.39 is 0 Å². The first-order valence-corrected chi connectivity index (χ1v) is 19.4. The monoisotopic (exact) mass is 704 g/mol. The highest BCUT2D eigenvalue weighted by atomic mass is 16.3. The second-order valence-electron chi connectivity index (χ2n) is 14.7. The van der Waals surface area contributed by atoms with E-state index in [1.165, 1.54) is 71.8 Å². The Kier molecular flexibility index (Phi) is 8.54. The Hall–Kier alpha value is -6.70. The minimum Gasteiger partial charge on any atom is -0.456 e. The zero-order valence-corrected chi connectivity index (χ0v) is 30.6. The van der Waals surface area contributed by atoms with Crippen LogP contribution in [-0.4, -0.2) is 0 Å². The second kappa shape index (κ2) is 14.3. The van der Waals surface area contributed by atoms with E-state index in [1.54, 1.807) is 0 Å². The number of hydrogen-bond acceptors (Lipinski definition) is 1. The van der Waals surface area contributed by atoms with Gasteiger partial charge in [0.1, 0.15) is 11.2 Å². The van der Waals surface area contributed by atoms with E-state index in [0.29, 0.717) is 5.92 Å². The van der Waals surface area contributed by atoms with Crippen LogP contribution >= 0.6 is 0 Å². The van der Waals surface area contributed by atoms with E-state index in [4.69, 9.17) is 4.42 Å². The van der Waals surface area contributed by atoms with Crippen LogP contribution in [0.25, 0.3) is 66.1 Å². The Morgan fingerprint density at radius 2 is 1.11 bits per heavy atom. The predicted molar refractivity (Wildman–Crippen MR) is 231 cm³/mol. The lowest BCUT2D eigenvalue weighted by Gasteiger charge is -2.24. The molecule has 2 unspecified atom stereocenters. The third-order valence-corrected chi connectivity index (χ3v) is 11.5. The Labute approximate surface area is 322 Å². The third-order valence-electron chi connectivity index (χ3n) is 11.5. The van der Waals surface area contributed by atoms with Crippen molar-refractivity contribution in [1.82, 2.24) is 0 Å². The van der Waals surface area contributed by atoms with Gasteiger partial charge in [-0.15, -0.1) is 0 Å². The van der Waals surface area contributed by atoms with Crippen molar-refractivity contribution in [2.24, 2.45) is 0 Å². The van der Waals surface area contributed by atoms with Crippen LogP contribution in [0.15, 0.2) is 216 Å². The predicted octanol–water partition coefficient (Wildman–Crippen LogP) is 14.9. The molecular weight excluding hydrogens is 665 g/mol. The average Bonchev–Trinajstić information content (AvgIpc) is 3.66. The van der Waals surface area contributed by atoms with Crippen molar-refractivity contribution in [3.8, 4) is 33.4 Å². The zero-order valence-electron chi connectivity index (χ0n) is 30.6. The van der Waals surface area contributed by atoms with Gasteiger partial charge < -0.3 is 4.42 Å². The van der Waals surface area contributed by atoms with E-state index in [2.05, 4.69) is 206 Å². The molecule has 0 saturated carbocycles. The van der Waals surface area contributed by atoms with Crippen LogP contribution in [0.2, 0.25) is 0 Å². The largest absolute Gasteiger partial charge is 0.456 e. The first-order valence-electron chi connectivity index (χ1n) is 19.4. The molecule has 1 aliphatic carbocycles. The minimum atomic E-state index is 0.181. The van der Waals surface area contributed by atoms with Gasteiger partial charge in [-0.2, -0.15) is 0 Å². The molecule has 8 aromatic carbocycles. The fourth-order valence-electron chi connectivity index (χ4n) is 8.76. The van der Waals surface area contributed by atoms with Crippen LogP contribution in [0.5, 0.6) is 0 Å². The van der Waals surface area contributed by atoms with Gasteiger partial charge in [-0.25, -0.2) is 0 Å². The molecule has 0 fully saturated rings. The molecule has 262 valence electrons. The molecule has 9 aromatic rings. The Morgan fingerprint density at radius 1 is 0.491 bits per heavy atom. The summed E-state index contributed by atoms with van der Waals surface area (Å²) in [6.45, 7) is 0. The van der Waals surface area contributed by atoms with Crippen LogP contribution < -0.4 is 0 Å². The highest BCUT2D eigenvalue weighted by Gasteiger charge is 2.23. The van der Waals surface area contributed by atoms with Gasteiger partial charge >= 0.3 is 0 Å². The van der Waals surface area contributed by atoms with E-state index >= 15 is 0 Å². The maximum Gasteiger partial charge on any atom is 0.136 e. The van der Waals surface area contributed by atoms with Gasteiger partial charge in [-0.05, 0) is 85.8 Å². The van der Waals surface area contributed by atoms with Crippen LogP contribution in [0.3, 0.4) is 0 Å². The highest BCUT2D eigenvalue weighted by Crippen LogP contribution is 2.44. The van der Waals surface area contributed by atoms with Crippen molar-refractivity contribution in [3.05, 3.63) is 229 Å². The number of allylic oxidation sites excluding steroid dienone is 4. The molecule has 0 amide bonds. The molecule has 0 bridgehead atoms. The number of hydrogen-bond donors (Lipinski definition) is 0. The molecule has 55 heavy (non-hydrogen) atoms. The van der Waals surface area contributed by atoms with E-state index in [0.717, 1.165) is 29.4 Å². The van der Waals surface area contributed by atoms with Gasteiger partial charge in [0.2, 0.25) is 0 Å². The molecule has 1 aliphatic rings. The first kappa shape index (κ1) is 32.9. The molecule has 0 spiro atoms. The van der Waals surface area contributed by atoms with Crippen molar-refractivity contribution in [2.75, 3.05) is 0 Å². The first-order chi connectivity index (χ1) is 27.3. The Balaban J connectivity index is 1.06. The lowest BCUT2D eigenvalue weighted by molar-refractivity contribution is 0.669. The van der Waals surface area contributed by atoms with Gasteiger partial charge in [0.25, 0.3) is 0 Å². The van der Waals surface area contributed by atoms with Crippen molar-refractivity contribution in [3.63, 3.8) is 0 Å². The SMILES string of the molecule is C1=CC(c2ccccc2)CC=C1CC(c1ccc(-c2cccc3oc4cc(-c5ccccc5)c5ccccc5c4c23)cc1)c1ccccc1-c1ccccc1. The van der Waals surface area contributed by atoms with Gasteiger partial charge in [0, 0.05) is 22.6 Å².